The molecular weight excluding hydrogens is 244 g/mol. The van der Waals surface area contributed by atoms with E-state index in [0.29, 0.717) is 0 Å². The van der Waals surface area contributed by atoms with Crippen molar-refractivity contribution in [1.29, 1.82) is 0 Å². The standard InChI is InChI=1S/C18H28N2/c1-15(2)18-14-19-11-6-9-17(19)13-20(18)12-10-16-7-4-3-5-8-16/h3-5,7-8,15,17-18H,6,9-14H2,1-2H3. The second-order valence-corrected chi connectivity index (χ2v) is 6.83. The van der Waals surface area contributed by atoms with E-state index in [1.807, 2.05) is 0 Å². The summed E-state index contributed by atoms with van der Waals surface area (Å²) in [6, 6.07) is 12.5. The summed E-state index contributed by atoms with van der Waals surface area (Å²) in [6.45, 7) is 9.90. The number of hydrogen-bond donors (Lipinski definition) is 0. The highest BCUT2D eigenvalue weighted by molar-refractivity contribution is 5.15. The normalized spacial score (nSPS) is 27.9. The van der Waals surface area contributed by atoms with Gasteiger partial charge in [0.25, 0.3) is 0 Å². The van der Waals surface area contributed by atoms with Crippen molar-refractivity contribution in [1.82, 2.24) is 9.80 Å². The van der Waals surface area contributed by atoms with Gasteiger partial charge in [-0.25, -0.2) is 0 Å². The molecular formula is C18H28N2. The molecule has 2 aliphatic heterocycles. The van der Waals surface area contributed by atoms with Crippen molar-refractivity contribution < 1.29 is 0 Å². The third-order valence-electron chi connectivity index (χ3n) is 5.13. The first-order valence-electron chi connectivity index (χ1n) is 8.26. The van der Waals surface area contributed by atoms with Crippen molar-refractivity contribution in [3.8, 4) is 0 Å². The first-order valence-corrected chi connectivity index (χ1v) is 8.26. The molecule has 0 N–H and O–H groups in total. The number of hydrogen-bond acceptors (Lipinski definition) is 2. The average Bonchev–Trinajstić information content (AvgIpc) is 2.92. The van der Waals surface area contributed by atoms with Crippen LogP contribution < -0.4 is 0 Å². The predicted molar refractivity (Wildman–Crippen MR) is 84.9 cm³/mol. The molecule has 0 amide bonds. The molecule has 3 rings (SSSR count). The Morgan fingerprint density at radius 2 is 1.95 bits per heavy atom. The number of piperazine rings is 1. The minimum Gasteiger partial charge on any atom is -0.298 e. The quantitative estimate of drug-likeness (QED) is 0.831. The van der Waals surface area contributed by atoms with Crippen LogP contribution in [0.15, 0.2) is 30.3 Å². The van der Waals surface area contributed by atoms with Crippen LogP contribution in [0.3, 0.4) is 0 Å². The molecule has 110 valence electrons. The van der Waals surface area contributed by atoms with E-state index in [-0.39, 0.29) is 0 Å². The zero-order valence-corrected chi connectivity index (χ0v) is 13.0. The fraction of sp³-hybridized carbons (Fsp3) is 0.667. The average molecular weight is 272 g/mol. The minimum atomic E-state index is 0.744. The van der Waals surface area contributed by atoms with Gasteiger partial charge in [-0.1, -0.05) is 44.2 Å². The lowest BCUT2D eigenvalue weighted by molar-refractivity contribution is 0.0302. The maximum atomic E-state index is 2.77. The number of rotatable bonds is 4. The van der Waals surface area contributed by atoms with E-state index in [2.05, 4.69) is 54.0 Å². The number of benzene rings is 1. The van der Waals surface area contributed by atoms with Gasteiger partial charge in [0, 0.05) is 31.7 Å². The van der Waals surface area contributed by atoms with Crippen LogP contribution in [0.25, 0.3) is 0 Å². The van der Waals surface area contributed by atoms with Crippen LogP contribution in [0, 0.1) is 5.92 Å². The van der Waals surface area contributed by atoms with Gasteiger partial charge in [-0.15, -0.1) is 0 Å². The van der Waals surface area contributed by atoms with Crippen LogP contribution in [0.2, 0.25) is 0 Å². The highest BCUT2D eigenvalue weighted by Gasteiger charge is 2.36. The lowest BCUT2D eigenvalue weighted by Crippen LogP contribution is -2.58. The Morgan fingerprint density at radius 1 is 1.15 bits per heavy atom. The third kappa shape index (κ3) is 3.07. The van der Waals surface area contributed by atoms with E-state index in [1.54, 1.807) is 0 Å². The summed E-state index contributed by atoms with van der Waals surface area (Å²) in [5.74, 6) is 0.757. The molecule has 2 nitrogen and oxygen atoms in total. The van der Waals surface area contributed by atoms with Crippen molar-refractivity contribution in [2.45, 2.75) is 45.2 Å². The van der Waals surface area contributed by atoms with E-state index in [9.17, 15) is 0 Å². The van der Waals surface area contributed by atoms with Gasteiger partial charge in [0.15, 0.2) is 0 Å². The Kier molecular flexibility index (Phi) is 4.42. The Balaban J connectivity index is 1.63. The molecule has 0 bridgehead atoms. The monoisotopic (exact) mass is 272 g/mol. The highest BCUT2D eigenvalue weighted by atomic mass is 15.3. The second-order valence-electron chi connectivity index (χ2n) is 6.83. The number of fused-ring (bicyclic) bond motifs is 1. The lowest BCUT2D eigenvalue weighted by Gasteiger charge is -2.45. The van der Waals surface area contributed by atoms with Gasteiger partial charge in [-0.2, -0.15) is 0 Å². The molecule has 2 aliphatic rings. The summed E-state index contributed by atoms with van der Waals surface area (Å²) in [6.07, 6.45) is 4.01. The van der Waals surface area contributed by atoms with Gasteiger partial charge >= 0.3 is 0 Å². The van der Waals surface area contributed by atoms with E-state index < -0.39 is 0 Å². The summed E-state index contributed by atoms with van der Waals surface area (Å²) >= 11 is 0. The van der Waals surface area contributed by atoms with Crippen molar-refractivity contribution in [3.63, 3.8) is 0 Å². The van der Waals surface area contributed by atoms with Crippen LogP contribution in [0.4, 0.5) is 0 Å². The van der Waals surface area contributed by atoms with Gasteiger partial charge in [0.1, 0.15) is 0 Å². The molecule has 0 spiro atoms. The van der Waals surface area contributed by atoms with Crippen molar-refractivity contribution in [2.75, 3.05) is 26.2 Å². The van der Waals surface area contributed by atoms with Crippen molar-refractivity contribution in [3.05, 3.63) is 35.9 Å². The Hall–Kier alpha value is -0.860. The first kappa shape index (κ1) is 14.1. The topological polar surface area (TPSA) is 6.48 Å². The van der Waals surface area contributed by atoms with Crippen molar-refractivity contribution in [2.24, 2.45) is 5.92 Å². The molecule has 2 heterocycles. The highest BCUT2D eigenvalue weighted by Crippen LogP contribution is 2.27. The lowest BCUT2D eigenvalue weighted by atomic mass is 9.96. The van der Waals surface area contributed by atoms with Crippen LogP contribution in [0.5, 0.6) is 0 Å². The first-order chi connectivity index (χ1) is 9.74. The summed E-state index contributed by atoms with van der Waals surface area (Å²) in [5.41, 5.74) is 1.48. The molecule has 2 heteroatoms. The SMILES string of the molecule is CC(C)C1CN2CCCC2CN1CCc1ccccc1. The summed E-state index contributed by atoms with van der Waals surface area (Å²) in [7, 11) is 0. The molecule has 20 heavy (non-hydrogen) atoms. The zero-order chi connectivity index (χ0) is 13.9. The van der Waals surface area contributed by atoms with Gasteiger partial charge in [-0.3, -0.25) is 9.80 Å². The molecule has 2 unspecified atom stereocenters. The Bertz CT molecular complexity index is 415. The summed E-state index contributed by atoms with van der Waals surface area (Å²) in [5, 5.41) is 0. The van der Waals surface area contributed by atoms with Crippen LogP contribution in [-0.4, -0.2) is 48.1 Å². The van der Waals surface area contributed by atoms with Gasteiger partial charge in [-0.05, 0) is 37.3 Å². The van der Waals surface area contributed by atoms with Crippen LogP contribution in [-0.2, 0) is 6.42 Å². The van der Waals surface area contributed by atoms with Gasteiger partial charge in [0.05, 0.1) is 0 Å². The molecule has 2 fully saturated rings. The number of nitrogens with zero attached hydrogens (tertiary/aromatic N) is 2. The molecule has 0 saturated carbocycles. The fourth-order valence-electron chi connectivity index (χ4n) is 3.91. The fourth-order valence-corrected chi connectivity index (χ4v) is 3.91. The largest absolute Gasteiger partial charge is 0.298 e. The summed E-state index contributed by atoms with van der Waals surface area (Å²) in [4.78, 5) is 5.51. The van der Waals surface area contributed by atoms with Gasteiger partial charge < -0.3 is 0 Å². The molecule has 0 aromatic heterocycles. The molecule has 1 aromatic rings. The van der Waals surface area contributed by atoms with Gasteiger partial charge in [0.2, 0.25) is 0 Å². The molecule has 1 aromatic carbocycles. The van der Waals surface area contributed by atoms with E-state index >= 15 is 0 Å². The van der Waals surface area contributed by atoms with Crippen LogP contribution in [0.1, 0.15) is 32.3 Å². The van der Waals surface area contributed by atoms with E-state index in [0.717, 1.165) is 18.0 Å². The summed E-state index contributed by atoms with van der Waals surface area (Å²) < 4.78 is 0. The minimum absolute atomic E-state index is 0.744. The third-order valence-corrected chi connectivity index (χ3v) is 5.13. The zero-order valence-electron chi connectivity index (χ0n) is 13.0. The van der Waals surface area contributed by atoms with Crippen molar-refractivity contribution >= 4 is 0 Å². The molecule has 0 radical (unpaired) electrons. The predicted octanol–water partition coefficient (Wildman–Crippen LogP) is 3.03. The van der Waals surface area contributed by atoms with E-state index in [1.165, 1.54) is 51.0 Å². The second kappa shape index (κ2) is 6.28. The maximum absolute atomic E-state index is 2.77. The Labute approximate surface area is 123 Å². The van der Waals surface area contributed by atoms with E-state index in [4.69, 9.17) is 0 Å². The Morgan fingerprint density at radius 3 is 2.70 bits per heavy atom. The smallest absolute Gasteiger partial charge is 0.0247 e. The molecule has 2 saturated heterocycles. The molecule has 2 atom stereocenters. The molecule has 0 aliphatic carbocycles. The van der Waals surface area contributed by atoms with Crippen LogP contribution >= 0.6 is 0 Å². The maximum Gasteiger partial charge on any atom is 0.0247 e.